The molecule has 0 fully saturated rings. The molecule has 1 aromatic carbocycles. The van der Waals surface area contributed by atoms with E-state index >= 15 is 0 Å². The summed E-state index contributed by atoms with van der Waals surface area (Å²) in [6.45, 7) is 0. The van der Waals surface area contributed by atoms with E-state index in [1.807, 2.05) is 0 Å². The fraction of sp³-hybridized carbons (Fsp3) is 0.250. The topological polar surface area (TPSA) is 75.7 Å². The molecule has 4 nitrogen and oxygen atoms in total. The highest BCUT2D eigenvalue weighted by molar-refractivity contribution is 5.54. The Morgan fingerprint density at radius 1 is 1.25 bits per heavy atom. The Labute approximate surface area is 71.2 Å². The number of nitrogens with two attached hydrogens (primary N) is 1. The minimum atomic E-state index is -0.00667. The molecule has 0 spiro atoms. The van der Waals surface area contributed by atoms with Crippen LogP contribution in [0.15, 0.2) is 18.2 Å². The number of anilines is 1. The molecule has 0 bridgehead atoms. The minimum Gasteiger partial charge on any atom is -0.508 e. The number of aromatic hydroxyl groups is 2. The van der Waals surface area contributed by atoms with Crippen molar-refractivity contribution in [3.8, 4) is 11.5 Å². The third-order valence-electron chi connectivity index (χ3n) is 1.01. The van der Waals surface area contributed by atoms with E-state index in [1.165, 1.54) is 18.2 Å². The lowest BCUT2D eigenvalue weighted by Crippen LogP contribution is -1.83. The zero-order valence-corrected chi connectivity index (χ0v) is 7.11. The van der Waals surface area contributed by atoms with E-state index < -0.39 is 0 Å². The highest BCUT2D eigenvalue weighted by Gasteiger charge is 1.94. The quantitative estimate of drug-likeness (QED) is 0.308. The van der Waals surface area contributed by atoms with Gasteiger partial charge in [-0.05, 0) is 12.1 Å². The van der Waals surface area contributed by atoms with Crippen LogP contribution in [0.2, 0.25) is 0 Å². The van der Waals surface area contributed by atoms with Crippen LogP contribution in [0.3, 0.4) is 0 Å². The average Bonchev–Trinajstić information content (AvgIpc) is 1.99. The minimum absolute atomic E-state index is 0.00667. The van der Waals surface area contributed by atoms with Gasteiger partial charge >= 0.3 is 0 Å². The van der Waals surface area contributed by atoms with Gasteiger partial charge in [-0.15, -0.1) is 0 Å². The molecule has 0 unspecified atom stereocenters. The third-order valence-corrected chi connectivity index (χ3v) is 1.01. The average molecular weight is 171 g/mol. The predicted molar refractivity (Wildman–Crippen MR) is 47.1 cm³/mol. The highest BCUT2D eigenvalue weighted by atomic mass is 16.4. The summed E-state index contributed by atoms with van der Waals surface area (Å²) in [4.78, 5) is 0. The Hall–Kier alpha value is -1.42. The second-order valence-electron chi connectivity index (χ2n) is 2.15. The number of hydrogen-bond donors (Lipinski definition) is 3. The number of phenols is 2. The van der Waals surface area contributed by atoms with Gasteiger partial charge in [0.15, 0.2) is 0 Å². The number of phenolic OH excluding ortho intramolecular Hbond substituents is 2. The van der Waals surface area contributed by atoms with Crippen molar-refractivity contribution in [3.63, 3.8) is 0 Å². The molecule has 12 heavy (non-hydrogen) atoms. The fourth-order valence-corrected chi connectivity index (χ4v) is 0.542. The maximum Gasteiger partial charge on any atom is 0.138 e. The van der Waals surface area contributed by atoms with E-state index in [9.17, 15) is 0 Å². The molecule has 0 aliphatic rings. The van der Waals surface area contributed by atoms with Crippen LogP contribution in [0.4, 0.5) is 5.69 Å². The molecule has 0 saturated heterocycles. The molecule has 0 aliphatic carbocycles. The van der Waals surface area contributed by atoms with Gasteiger partial charge in [0.25, 0.3) is 0 Å². The monoisotopic (exact) mass is 171 g/mol. The van der Waals surface area contributed by atoms with Crippen LogP contribution in [0, 0.1) is 0 Å². The predicted octanol–water partition coefficient (Wildman–Crippen LogP) is 0.943. The van der Waals surface area contributed by atoms with Crippen molar-refractivity contribution in [1.29, 1.82) is 0 Å². The van der Waals surface area contributed by atoms with E-state index in [2.05, 4.69) is 4.74 Å². The van der Waals surface area contributed by atoms with Crippen molar-refractivity contribution in [2.75, 3.05) is 20.0 Å². The van der Waals surface area contributed by atoms with Crippen molar-refractivity contribution >= 4 is 5.69 Å². The second-order valence-corrected chi connectivity index (χ2v) is 2.15. The van der Waals surface area contributed by atoms with Gasteiger partial charge in [-0.2, -0.15) is 0 Å². The molecule has 0 saturated carbocycles. The summed E-state index contributed by atoms with van der Waals surface area (Å²) < 4.78 is 4.25. The first-order valence-electron chi connectivity index (χ1n) is 3.29. The number of ether oxygens (including phenoxy) is 1. The standard InChI is InChI=1S/C6H7NO2.C2H6O/c7-5-3-4(8)1-2-6(5)9;1-3-2/h1-3,8-9H,7H2;1-2H3. The van der Waals surface area contributed by atoms with Crippen molar-refractivity contribution in [1.82, 2.24) is 0 Å². The van der Waals surface area contributed by atoms with Crippen molar-refractivity contribution in [3.05, 3.63) is 18.2 Å². The number of rotatable bonds is 0. The van der Waals surface area contributed by atoms with Crippen LogP contribution in [-0.4, -0.2) is 24.4 Å². The van der Waals surface area contributed by atoms with Gasteiger partial charge in [0.2, 0.25) is 0 Å². The van der Waals surface area contributed by atoms with E-state index in [0.717, 1.165) is 0 Å². The first-order valence-corrected chi connectivity index (χ1v) is 3.29. The molecule has 0 radical (unpaired) electrons. The van der Waals surface area contributed by atoms with Crippen LogP contribution in [0.1, 0.15) is 0 Å². The maximum atomic E-state index is 8.81. The normalized spacial score (nSPS) is 8.50. The summed E-state index contributed by atoms with van der Waals surface area (Å²) in [7, 11) is 3.25. The molecule has 68 valence electrons. The third kappa shape index (κ3) is 3.68. The molecule has 4 heteroatoms. The molecule has 0 amide bonds. The molecule has 1 rings (SSSR count). The summed E-state index contributed by atoms with van der Waals surface area (Å²) >= 11 is 0. The number of nitrogen functional groups attached to an aromatic ring is 1. The van der Waals surface area contributed by atoms with Crippen LogP contribution in [0.5, 0.6) is 11.5 Å². The lowest BCUT2D eigenvalue weighted by molar-refractivity contribution is 0.277. The molecule has 0 aromatic heterocycles. The Kier molecular flexibility index (Phi) is 4.64. The summed E-state index contributed by atoms with van der Waals surface area (Å²) in [5.41, 5.74) is 5.40. The summed E-state index contributed by atoms with van der Waals surface area (Å²) in [6, 6.07) is 3.99. The van der Waals surface area contributed by atoms with E-state index in [0.29, 0.717) is 0 Å². The zero-order valence-electron chi connectivity index (χ0n) is 7.11. The molecular formula is C8H13NO3. The highest BCUT2D eigenvalue weighted by Crippen LogP contribution is 2.23. The number of hydrogen-bond acceptors (Lipinski definition) is 4. The number of methoxy groups -OCH3 is 1. The van der Waals surface area contributed by atoms with Gasteiger partial charge in [-0.1, -0.05) is 0 Å². The Balaban J connectivity index is 0.000000354. The summed E-state index contributed by atoms with van der Waals surface area (Å²) in [5.74, 6) is 0.0538. The van der Waals surface area contributed by atoms with Crippen LogP contribution in [0.25, 0.3) is 0 Å². The Bertz CT molecular complexity index is 238. The first kappa shape index (κ1) is 10.6. The van der Waals surface area contributed by atoms with Gasteiger partial charge < -0.3 is 20.7 Å². The van der Waals surface area contributed by atoms with Gasteiger partial charge in [-0.25, -0.2) is 0 Å². The van der Waals surface area contributed by atoms with Gasteiger partial charge in [0, 0.05) is 20.3 Å². The summed E-state index contributed by atoms with van der Waals surface area (Å²) in [6.07, 6.45) is 0. The molecule has 0 heterocycles. The first-order chi connectivity index (χ1) is 5.61. The molecule has 0 aliphatic heterocycles. The van der Waals surface area contributed by atoms with Crippen LogP contribution >= 0.6 is 0 Å². The lowest BCUT2D eigenvalue weighted by Gasteiger charge is -1.96. The van der Waals surface area contributed by atoms with Gasteiger partial charge in [0.1, 0.15) is 11.5 Å². The van der Waals surface area contributed by atoms with Gasteiger partial charge in [-0.3, -0.25) is 0 Å². The van der Waals surface area contributed by atoms with Gasteiger partial charge in [0.05, 0.1) is 5.69 Å². The maximum absolute atomic E-state index is 8.81. The van der Waals surface area contributed by atoms with Crippen molar-refractivity contribution in [2.24, 2.45) is 0 Å². The largest absolute Gasteiger partial charge is 0.508 e. The van der Waals surface area contributed by atoms with E-state index in [4.69, 9.17) is 15.9 Å². The molecule has 0 atom stereocenters. The zero-order chi connectivity index (χ0) is 9.56. The molecular weight excluding hydrogens is 158 g/mol. The molecule has 1 aromatic rings. The van der Waals surface area contributed by atoms with Crippen LogP contribution in [-0.2, 0) is 4.74 Å². The van der Waals surface area contributed by atoms with E-state index in [1.54, 1.807) is 14.2 Å². The van der Waals surface area contributed by atoms with Crippen molar-refractivity contribution in [2.45, 2.75) is 0 Å². The lowest BCUT2D eigenvalue weighted by atomic mass is 10.3. The number of benzene rings is 1. The SMILES string of the molecule is COC.Nc1cc(O)ccc1O. The second kappa shape index (κ2) is 5.26. The molecule has 4 N–H and O–H groups in total. The summed E-state index contributed by atoms with van der Waals surface area (Å²) in [5, 5.41) is 17.6. The Morgan fingerprint density at radius 3 is 2.08 bits per heavy atom. The van der Waals surface area contributed by atoms with E-state index in [-0.39, 0.29) is 17.2 Å². The van der Waals surface area contributed by atoms with Crippen molar-refractivity contribution < 1.29 is 14.9 Å². The smallest absolute Gasteiger partial charge is 0.138 e. The fourth-order valence-electron chi connectivity index (χ4n) is 0.542. The van der Waals surface area contributed by atoms with Crippen LogP contribution < -0.4 is 5.73 Å². The Morgan fingerprint density at radius 2 is 1.75 bits per heavy atom.